The van der Waals surface area contributed by atoms with E-state index in [0.29, 0.717) is 6.07 Å². The fourth-order valence-electron chi connectivity index (χ4n) is 3.04. The summed E-state index contributed by atoms with van der Waals surface area (Å²) in [5, 5.41) is 3.12. The maximum absolute atomic E-state index is 12.8. The molecule has 13 heteroatoms. The van der Waals surface area contributed by atoms with E-state index in [1.807, 2.05) is 0 Å². The summed E-state index contributed by atoms with van der Waals surface area (Å²) in [6, 6.07) is 8.55. The second-order valence-corrected chi connectivity index (χ2v) is 7.99. The largest absolute Gasteiger partial charge is 0.455 e. The van der Waals surface area contributed by atoms with Crippen LogP contribution >= 0.6 is 23.2 Å². The van der Waals surface area contributed by atoms with Crippen molar-refractivity contribution in [2.45, 2.75) is 12.6 Å². The van der Waals surface area contributed by atoms with E-state index in [4.69, 9.17) is 27.9 Å². The molecule has 0 unspecified atom stereocenters. The molecule has 0 radical (unpaired) electrons. The molecule has 0 aliphatic carbocycles. The maximum Gasteiger partial charge on any atom is 0.416 e. The fraction of sp³-hybridized carbons (Fsp3) is 0.238. The minimum absolute atomic E-state index is 0.132. The highest BCUT2D eigenvalue weighted by molar-refractivity contribution is 6.34. The second-order valence-electron chi connectivity index (χ2n) is 7.17. The Balaban J connectivity index is 1.53. The lowest BCUT2D eigenvalue weighted by atomic mass is 10.1. The number of rotatable bonds is 6. The second kappa shape index (κ2) is 10.3. The average molecular weight is 518 g/mol. The first kappa shape index (κ1) is 25.3. The summed E-state index contributed by atoms with van der Waals surface area (Å²) in [6.45, 7) is -1.02. The Labute approximate surface area is 200 Å². The van der Waals surface area contributed by atoms with E-state index >= 15 is 0 Å². The van der Waals surface area contributed by atoms with Crippen molar-refractivity contribution >= 4 is 52.6 Å². The summed E-state index contributed by atoms with van der Waals surface area (Å²) in [5.74, 6) is -3.99. The van der Waals surface area contributed by atoms with Gasteiger partial charge in [0.05, 0.1) is 39.3 Å². The number of hydrogen-bond acceptors (Lipinski definition) is 5. The van der Waals surface area contributed by atoms with E-state index < -0.39 is 48.0 Å². The quantitative estimate of drug-likeness (QED) is 0.568. The van der Waals surface area contributed by atoms with Crippen LogP contribution in [0.1, 0.15) is 22.3 Å². The molecular weight excluding hydrogens is 502 g/mol. The molecule has 0 saturated carbocycles. The molecule has 34 heavy (non-hydrogen) atoms. The Morgan fingerprint density at radius 3 is 2.47 bits per heavy atom. The minimum Gasteiger partial charge on any atom is -0.455 e. The van der Waals surface area contributed by atoms with Crippen LogP contribution in [0.3, 0.4) is 0 Å². The number of hydrazine groups is 1. The first-order valence-electron chi connectivity index (χ1n) is 9.65. The number of nitrogens with zero attached hydrogens (tertiary/aromatic N) is 1. The number of benzene rings is 2. The predicted octanol–water partition coefficient (Wildman–Crippen LogP) is 3.69. The minimum atomic E-state index is -4.64. The van der Waals surface area contributed by atoms with Gasteiger partial charge in [0.25, 0.3) is 11.8 Å². The third kappa shape index (κ3) is 6.17. The van der Waals surface area contributed by atoms with Gasteiger partial charge in [0.2, 0.25) is 5.91 Å². The summed E-state index contributed by atoms with van der Waals surface area (Å²) in [5.41, 5.74) is 1.17. The number of hydrogen-bond donors (Lipinski definition) is 2. The number of halogens is 5. The average Bonchev–Trinajstić information content (AvgIpc) is 3.13. The number of anilines is 1. The van der Waals surface area contributed by atoms with Gasteiger partial charge in [-0.05, 0) is 30.3 Å². The summed E-state index contributed by atoms with van der Waals surface area (Å²) in [4.78, 5) is 48.8. The van der Waals surface area contributed by atoms with Crippen molar-refractivity contribution in [3.8, 4) is 0 Å². The van der Waals surface area contributed by atoms with E-state index in [2.05, 4.69) is 10.7 Å². The van der Waals surface area contributed by atoms with Crippen molar-refractivity contribution in [3.05, 3.63) is 63.6 Å². The van der Waals surface area contributed by atoms with E-state index in [0.717, 1.165) is 17.1 Å². The predicted molar refractivity (Wildman–Crippen MR) is 115 cm³/mol. The van der Waals surface area contributed by atoms with Crippen LogP contribution < -0.4 is 10.7 Å². The van der Waals surface area contributed by atoms with Crippen molar-refractivity contribution < 1.29 is 37.1 Å². The molecule has 1 aliphatic heterocycles. The van der Waals surface area contributed by atoms with Gasteiger partial charge in [-0.3, -0.25) is 29.6 Å². The highest BCUT2D eigenvalue weighted by Crippen LogP contribution is 2.33. The Morgan fingerprint density at radius 2 is 1.79 bits per heavy atom. The molecular formula is C21H16Cl2F3N3O5. The third-order valence-corrected chi connectivity index (χ3v) is 5.39. The van der Waals surface area contributed by atoms with E-state index in [1.54, 1.807) is 12.1 Å². The number of esters is 1. The lowest BCUT2D eigenvalue weighted by Crippen LogP contribution is -2.43. The molecule has 2 N–H and O–H groups in total. The van der Waals surface area contributed by atoms with Crippen LogP contribution in [0.5, 0.6) is 0 Å². The van der Waals surface area contributed by atoms with Crippen molar-refractivity contribution in [1.82, 2.24) is 10.4 Å². The Morgan fingerprint density at radius 1 is 1.09 bits per heavy atom. The highest BCUT2D eigenvalue weighted by atomic mass is 35.5. The maximum atomic E-state index is 12.8. The molecule has 3 rings (SSSR count). The zero-order valence-electron chi connectivity index (χ0n) is 17.1. The molecule has 2 aromatic carbocycles. The molecule has 1 saturated heterocycles. The highest BCUT2D eigenvalue weighted by Gasteiger charge is 2.37. The van der Waals surface area contributed by atoms with Crippen LogP contribution in [0.4, 0.5) is 18.9 Å². The zero-order valence-corrected chi connectivity index (χ0v) is 18.6. The van der Waals surface area contributed by atoms with Gasteiger partial charge in [-0.15, -0.1) is 0 Å². The van der Waals surface area contributed by atoms with Gasteiger partial charge in [0.1, 0.15) is 0 Å². The lowest BCUT2D eigenvalue weighted by Gasteiger charge is -2.18. The van der Waals surface area contributed by atoms with Crippen molar-refractivity contribution in [3.63, 3.8) is 0 Å². The Bertz CT molecular complexity index is 1140. The van der Waals surface area contributed by atoms with E-state index in [9.17, 15) is 32.3 Å². The topological polar surface area (TPSA) is 105 Å². The molecule has 1 aliphatic rings. The van der Waals surface area contributed by atoms with Gasteiger partial charge >= 0.3 is 12.1 Å². The van der Waals surface area contributed by atoms with Crippen molar-refractivity contribution in [2.75, 3.05) is 18.5 Å². The molecule has 0 aromatic heterocycles. The standard InChI is InChI=1S/C21H16Cl2F3N3O5/c22-14-4-2-1-3-13(14)19(32)28-29-9-11(7-18(29)31)20(33)34-10-17(30)27-16-8-12(21(24,25)26)5-6-15(16)23/h1-6,8,11H,7,9-10H2,(H,27,30)(H,28,32)/t11-/m1/s1. The third-order valence-electron chi connectivity index (χ3n) is 4.73. The van der Waals surface area contributed by atoms with Crippen LogP contribution in [0.2, 0.25) is 10.0 Å². The number of amides is 3. The SMILES string of the molecule is O=C(COC(=O)[C@@H]1CC(=O)N(NC(=O)c2ccccc2Cl)C1)Nc1cc(C(F)(F)F)ccc1Cl. The first-order chi connectivity index (χ1) is 16.0. The molecule has 1 fully saturated rings. The number of ether oxygens (including phenoxy) is 1. The molecule has 1 atom stereocenters. The molecule has 3 amide bonds. The van der Waals surface area contributed by atoms with Gasteiger partial charge in [-0.25, -0.2) is 0 Å². The van der Waals surface area contributed by atoms with Crippen LogP contribution in [0, 0.1) is 5.92 Å². The van der Waals surface area contributed by atoms with Crippen molar-refractivity contribution in [2.24, 2.45) is 5.92 Å². The number of nitrogens with one attached hydrogen (secondary N) is 2. The van der Waals surface area contributed by atoms with Crippen LogP contribution in [0.25, 0.3) is 0 Å². The molecule has 8 nitrogen and oxygen atoms in total. The number of alkyl halides is 3. The van der Waals surface area contributed by atoms with Crippen LogP contribution in [0.15, 0.2) is 42.5 Å². The summed E-state index contributed by atoms with van der Waals surface area (Å²) in [7, 11) is 0. The Hall–Kier alpha value is -3.31. The van der Waals surface area contributed by atoms with Gasteiger partial charge in [-0.1, -0.05) is 35.3 Å². The molecule has 0 spiro atoms. The zero-order chi connectivity index (χ0) is 25.0. The van der Waals surface area contributed by atoms with Gasteiger partial charge in [0, 0.05) is 6.42 Å². The molecule has 1 heterocycles. The molecule has 2 aromatic rings. The van der Waals surface area contributed by atoms with Crippen LogP contribution in [-0.2, 0) is 25.3 Å². The summed E-state index contributed by atoms with van der Waals surface area (Å²) < 4.78 is 43.4. The van der Waals surface area contributed by atoms with Gasteiger partial charge < -0.3 is 10.1 Å². The van der Waals surface area contributed by atoms with Crippen LogP contribution in [-0.4, -0.2) is 41.9 Å². The normalized spacial score (nSPS) is 15.7. The first-order valence-corrected chi connectivity index (χ1v) is 10.4. The molecule has 0 bridgehead atoms. The van der Waals surface area contributed by atoms with E-state index in [-0.39, 0.29) is 34.3 Å². The number of carbonyl (C=O) groups excluding carboxylic acids is 4. The number of carbonyl (C=O) groups is 4. The van der Waals surface area contributed by atoms with Gasteiger partial charge in [-0.2, -0.15) is 13.2 Å². The monoisotopic (exact) mass is 517 g/mol. The van der Waals surface area contributed by atoms with E-state index in [1.165, 1.54) is 12.1 Å². The lowest BCUT2D eigenvalue weighted by molar-refractivity contribution is -0.151. The smallest absolute Gasteiger partial charge is 0.416 e. The summed E-state index contributed by atoms with van der Waals surface area (Å²) >= 11 is 11.8. The fourth-order valence-corrected chi connectivity index (χ4v) is 3.43. The molecule has 180 valence electrons. The van der Waals surface area contributed by atoms with Gasteiger partial charge in [0.15, 0.2) is 6.61 Å². The Kier molecular flexibility index (Phi) is 7.68. The summed E-state index contributed by atoms with van der Waals surface area (Å²) in [6.07, 6.45) is -4.92. The van der Waals surface area contributed by atoms with Crippen molar-refractivity contribution in [1.29, 1.82) is 0 Å².